The van der Waals surface area contributed by atoms with Crippen molar-refractivity contribution in [1.29, 1.82) is 0 Å². The van der Waals surface area contributed by atoms with Crippen LogP contribution in [0.15, 0.2) is 54.7 Å². The Labute approximate surface area is 199 Å². The molecule has 0 spiro atoms. The van der Waals surface area contributed by atoms with E-state index in [1.54, 1.807) is 19.9 Å². The van der Waals surface area contributed by atoms with E-state index in [9.17, 15) is 13.5 Å². The molecule has 2 heterocycles. The van der Waals surface area contributed by atoms with Crippen LogP contribution in [-0.4, -0.2) is 43.4 Å². The minimum Gasteiger partial charge on any atom is -0.393 e. The molecule has 0 unspecified atom stereocenters. The van der Waals surface area contributed by atoms with Gasteiger partial charge in [-0.1, -0.05) is 36.4 Å². The zero-order chi connectivity index (χ0) is 24.0. The van der Waals surface area contributed by atoms with Crippen molar-refractivity contribution in [3.05, 3.63) is 54.7 Å². The minimum atomic E-state index is -3.69. The molecule has 0 saturated heterocycles. The average molecular weight is 480 g/mol. The van der Waals surface area contributed by atoms with Crippen LogP contribution in [0.4, 0.5) is 5.95 Å². The van der Waals surface area contributed by atoms with E-state index in [2.05, 4.69) is 9.55 Å². The summed E-state index contributed by atoms with van der Waals surface area (Å²) in [6.07, 6.45) is 4.75. The number of aromatic nitrogens is 4. The third-order valence-electron chi connectivity index (χ3n) is 6.64. The minimum absolute atomic E-state index is 0.0411. The van der Waals surface area contributed by atoms with Gasteiger partial charge < -0.3 is 15.4 Å². The number of anilines is 1. The second-order valence-corrected chi connectivity index (χ2v) is 11.5. The number of benzene rings is 2. The quantitative estimate of drug-likeness (QED) is 0.443. The van der Waals surface area contributed by atoms with Crippen LogP contribution in [0, 0.1) is 0 Å². The van der Waals surface area contributed by atoms with Crippen molar-refractivity contribution in [3.63, 3.8) is 0 Å². The average Bonchev–Trinajstić information content (AvgIpc) is 3.40. The summed E-state index contributed by atoms with van der Waals surface area (Å²) >= 11 is 0. The van der Waals surface area contributed by atoms with Gasteiger partial charge in [-0.05, 0) is 51.7 Å². The van der Waals surface area contributed by atoms with Gasteiger partial charge in [0.2, 0.25) is 16.0 Å². The van der Waals surface area contributed by atoms with Gasteiger partial charge in [-0.2, -0.15) is 0 Å². The molecule has 9 heteroatoms. The second kappa shape index (κ2) is 8.56. The third-order valence-corrected chi connectivity index (χ3v) is 8.73. The fourth-order valence-corrected chi connectivity index (χ4v) is 5.92. The molecule has 5 rings (SSSR count). The van der Waals surface area contributed by atoms with Gasteiger partial charge in [0.15, 0.2) is 0 Å². The van der Waals surface area contributed by atoms with E-state index in [1.807, 2.05) is 48.7 Å². The summed E-state index contributed by atoms with van der Waals surface area (Å²) in [4.78, 5) is 9.06. The molecule has 1 saturated carbocycles. The number of hydrogen-bond donors (Lipinski definition) is 2. The van der Waals surface area contributed by atoms with Gasteiger partial charge in [-0.15, -0.1) is 0 Å². The van der Waals surface area contributed by atoms with Gasteiger partial charge >= 0.3 is 0 Å². The summed E-state index contributed by atoms with van der Waals surface area (Å²) in [6.45, 7) is 3.26. The van der Waals surface area contributed by atoms with E-state index in [-0.39, 0.29) is 18.1 Å². The van der Waals surface area contributed by atoms with Gasteiger partial charge in [0, 0.05) is 17.2 Å². The molecule has 2 aromatic heterocycles. The van der Waals surface area contributed by atoms with E-state index < -0.39 is 15.3 Å². The SMILES string of the molecule is CC(C)S(=O)(=O)n1c(N)nc2ccc(-c3cnc(-c4ccccc4)n3C3CCC(O)CC3)cc21. The predicted molar refractivity (Wildman–Crippen MR) is 134 cm³/mol. The first-order chi connectivity index (χ1) is 16.3. The molecule has 1 aliphatic rings. The molecule has 34 heavy (non-hydrogen) atoms. The van der Waals surface area contributed by atoms with Crippen LogP contribution in [0.3, 0.4) is 0 Å². The number of nitrogens with two attached hydrogens (primary N) is 1. The number of nitrogens with zero attached hydrogens (tertiary/aromatic N) is 4. The Bertz CT molecular complexity index is 1430. The maximum atomic E-state index is 13.0. The molecule has 3 N–H and O–H groups in total. The monoisotopic (exact) mass is 479 g/mol. The number of hydrogen-bond acceptors (Lipinski definition) is 6. The molecule has 0 aliphatic heterocycles. The van der Waals surface area contributed by atoms with E-state index in [4.69, 9.17) is 10.7 Å². The topological polar surface area (TPSA) is 116 Å². The van der Waals surface area contributed by atoms with Crippen LogP contribution >= 0.6 is 0 Å². The second-order valence-electron chi connectivity index (χ2n) is 9.20. The summed E-state index contributed by atoms with van der Waals surface area (Å²) in [6, 6.07) is 15.8. The number of aliphatic hydroxyl groups is 1. The molecule has 0 amide bonds. The molecule has 4 aromatic rings. The number of nitrogen functional groups attached to an aromatic ring is 1. The Morgan fingerprint density at radius 1 is 1.03 bits per heavy atom. The predicted octanol–water partition coefficient (Wildman–Crippen LogP) is 4.21. The van der Waals surface area contributed by atoms with Gasteiger partial charge in [0.25, 0.3) is 0 Å². The fourth-order valence-electron chi connectivity index (χ4n) is 4.77. The number of fused-ring (bicyclic) bond motifs is 1. The molecule has 178 valence electrons. The molecule has 0 atom stereocenters. The highest BCUT2D eigenvalue weighted by atomic mass is 32.2. The van der Waals surface area contributed by atoms with Crippen LogP contribution in [0.25, 0.3) is 33.7 Å². The highest BCUT2D eigenvalue weighted by Gasteiger charge is 2.28. The molecule has 2 aromatic carbocycles. The highest BCUT2D eigenvalue weighted by Crippen LogP contribution is 2.38. The summed E-state index contributed by atoms with van der Waals surface area (Å²) in [5.74, 6) is 0.820. The summed E-state index contributed by atoms with van der Waals surface area (Å²) in [7, 11) is -3.69. The van der Waals surface area contributed by atoms with Gasteiger partial charge in [0.05, 0.1) is 34.3 Å². The molecule has 0 bridgehead atoms. The van der Waals surface area contributed by atoms with E-state index in [1.165, 1.54) is 0 Å². The van der Waals surface area contributed by atoms with Gasteiger partial charge in [0.1, 0.15) is 5.82 Å². The smallest absolute Gasteiger partial charge is 0.244 e. The highest BCUT2D eigenvalue weighted by molar-refractivity contribution is 7.90. The van der Waals surface area contributed by atoms with Crippen LogP contribution < -0.4 is 5.73 Å². The molecule has 1 aliphatic carbocycles. The van der Waals surface area contributed by atoms with Crippen molar-refractivity contribution in [2.75, 3.05) is 5.73 Å². The summed E-state index contributed by atoms with van der Waals surface area (Å²) in [5, 5.41) is 9.43. The first-order valence-electron chi connectivity index (χ1n) is 11.6. The van der Waals surface area contributed by atoms with E-state index >= 15 is 0 Å². The van der Waals surface area contributed by atoms with Crippen molar-refractivity contribution >= 4 is 27.0 Å². The van der Waals surface area contributed by atoms with Crippen LogP contribution in [-0.2, 0) is 10.0 Å². The maximum Gasteiger partial charge on any atom is 0.244 e. The number of aliphatic hydroxyl groups excluding tert-OH is 1. The Kier molecular flexibility index (Phi) is 5.69. The zero-order valence-corrected chi connectivity index (χ0v) is 20.1. The van der Waals surface area contributed by atoms with Crippen molar-refractivity contribution < 1.29 is 13.5 Å². The lowest BCUT2D eigenvalue weighted by Crippen LogP contribution is -2.23. The first-order valence-corrected chi connectivity index (χ1v) is 13.1. The molecule has 8 nitrogen and oxygen atoms in total. The maximum absolute atomic E-state index is 13.0. The molecular formula is C25H29N5O3S. The van der Waals surface area contributed by atoms with Gasteiger partial charge in [-0.25, -0.2) is 22.4 Å². The molecule has 1 fully saturated rings. The Hall–Kier alpha value is -3.17. The molecular weight excluding hydrogens is 450 g/mol. The van der Waals surface area contributed by atoms with Crippen molar-refractivity contribution in [2.24, 2.45) is 0 Å². The number of rotatable bonds is 5. The Balaban J connectivity index is 1.69. The fraction of sp³-hybridized carbons (Fsp3) is 0.360. The van der Waals surface area contributed by atoms with E-state index in [0.29, 0.717) is 11.0 Å². The Morgan fingerprint density at radius 3 is 2.41 bits per heavy atom. The third kappa shape index (κ3) is 3.78. The van der Waals surface area contributed by atoms with E-state index in [0.717, 1.165) is 52.3 Å². The normalized spacial score (nSPS) is 19.2. The Morgan fingerprint density at radius 2 is 1.74 bits per heavy atom. The van der Waals surface area contributed by atoms with Gasteiger partial charge in [-0.3, -0.25) is 0 Å². The molecule has 0 radical (unpaired) electrons. The first kappa shape index (κ1) is 22.6. The van der Waals surface area contributed by atoms with Crippen LogP contribution in [0.2, 0.25) is 0 Å². The lowest BCUT2D eigenvalue weighted by Gasteiger charge is -2.29. The van der Waals surface area contributed by atoms with Crippen molar-refractivity contribution in [3.8, 4) is 22.6 Å². The lowest BCUT2D eigenvalue weighted by molar-refractivity contribution is 0.111. The standard InChI is InChI=1S/C25H29N5O3S/c1-16(2)34(32,33)30-22-14-18(8-13-21(22)28-25(30)26)23-15-27-24(17-6-4-3-5-7-17)29(23)19-9-11-20(31)12-10-19/h3-8,13-16,19-20,31H,9-12H2,1-2H3,(H2,26,28). The van der Waals surface area contributed by atoms with Crippen molar-refractivity contribution in [2.45, 2.75) is 56.9 Å². The number of imidazole rings is 2. The summed E-state index contributed by atoms with van der Waals surface area (Å²) < 4.78 is 29.4. The largest absolute Gasteiger partial charge is 0.393 e. The zero-order valence-electron chi connectivity index (χ0n) is 19.3. The lowest BCUT2D eigenvalue weighted by atomic mass is 9.92. The van der Waals surface area contributed by atoms with Crippen molar-refractivity contribution in [1.82, 2.24) is 18.5 Å². The van der Waals surface area contributed by atoms with Crippen LogP contribution in [0.5, 0.6) is 0 Å². The van der Waals surface area contributed by atoms with Crippen LogP contribution in [0.1, 0.15) is 45.6 Å². The summed E-state index contributed by atoms with van der Waals surface area (Å²) in [5.41, 5.74) is 9.77.